The molecule has 0 unspecified atom stereocenters. The van der Waals surface area contributed by atoms with Crippen LogP contribution in [0.3, 0.4) is 0 Å². The molecule has 0 aliphatic carbocycles. The lowest BCUT2D eigenvalue weighted by Gasteiger charge is -2.09. The Morgan fingerprint density at radius 3 is 2.89 bits per heavy atom. The zero-order chi connectivity index (χ0) is 13.7. The average molecular weight is 257 g/mol. The van der Waals surface area contributed by atoms with Gasteiger partial charge in [0, 0.05) is 17.6 Å². The first-order valence-corrected chi connectivity index (χ1v) is 5.85. The van der Waals surface area contributed by atoms with E-state index in [1.54, 1.807) is 36.5 Å². The summed E-state index contributed by atoms with van der Waals surface area (Å²) in [7, 11) is 0. The Bertz CT molecular complexity index is 584. The Hall–Kier alpha value is -2.56. The zero-order valence-electron chi connectivity index (χ0n) is 10.6. The molecule has 0 fully saturated rings. The Balaban J connectivity index is 1.90. The van der Waals surface area contributed by atoms with E-state index in [-0.39, 0.29) is 12.5 Å². The summed E-state index contributed by atoms with van der Waals surface area (Å²) >= 11 is 0. The molecule has 98 valence electrons. The number of hydrogen-bond acceptors (Lipinski definition) is 4. The van der Waals surface area contributed by atoms with Gasteiger partial charge in [0.05, 0.1) is 5.69 Å². The SMILES string of the molecule is Cc1cc(NC(=O)COc2ccccc2N)ccn1. The van der Waals surface area contributed by atoms with Crippen molar-refractivity contribution in [1.29, 1.82) is 0 Å². The van der Waals surface area contributed by atoms with Gasteiger partial charge in [-0.1, -0.05) is 12.1 Å². The molecule has 0 aliphatic heterocycles. The highest BCUT2D eigenvalue weighted by Gasteiger charge is 2.05. The maximum absolute atomic E-state index is 11.7. The van der Waals surface area contributed by atoms with Crippen LogP contribution in [0, 0.1) is 6.92 Å². The van der Waals surface area contributed by atoms with Crippen molar-refractivity contribution in [2.75, 3.05) is 17.7 Å². The number of nitrogens with zero attached hydrogens (tertiary/aromatic N) is 1. The fourth-order valence-corrected chi connectivity index (χ4v) is 1.58. The van der Waals surface area contributed by atoms with Crippen LogP contribution < -0.4 is 15.8 Å². The molecule has 1 amide bonds. The number of anilines is 2. The topological polar surface area (TPSA) is 77.2 Å². The van der Waals surface area contributed by atoms with E-state index < -0.39 is 0 Å². The zero-order valence-corrected chi connectivity index (χ0v) is 10.6. The van der Waals surface area contributed by atoms with Gasteiger partial charge in [-0.3, -0.25) is 9.78 Å². The number of para-hydroxylation sites is 2. The molecular weight excluding hydrogens is 242 g/mol. The number of benzene rings is 1. The van der Waals surface area contributed by atoms with Crippen molar-refractivity contribution >= 4 is 17.3 Å². The van der Waals surface area contributed by atoms with Crippen molar-refractivity contribution in [3.63, 3.8) is 0 Å². The van der Waals surface area contributed by atoms with Crippen molar-refractivity contribution in [3.8, 4) is 5.75 Å². The second-order valence-corrected chi connectivity index (χ2v) is 4.06. The summed E-state index contributed by atoms with van der Waals surface area (Å²) < 4.78 is 5.35. The predicted molar refractivity (Wildman–Crippen MR) is 74.0 cm³/mol. The van der Waals surface area contributed by atoms with Gasteiger partial charge in [0.15, 0.2) is 6.61 Å². The lowest BCUT2D eigenvalue weighted by molar-refractivity contribution is -0.118. The van der Waals surface area contributed by atoms with Crippen molar-refractivity contribution in [1.82, 2.24) is 4.98 Å². The van der Waals surface area contributed by atoms with Gasteiger partial charge in [-0.15, -0.1) is 0 Å². The van der Waals surface area contributed by atoms with Gasteiger partial charge in [0.2, 0.25) is 0 Å². The molecule has 0 aliphatic rings. The maximum Gasteiger partial charge on any atom is 0.262 e. The molecule has 0 spiro atoms. The van der Waals surface area contributed by atoms with Crippen molar-refractivity contribution < 1.29 is 9.53 Å². The Labute approximate surface area is 111 Å². The Morgan fingerprint density at radius 1 is 1.37 bits per heavy atom. The highest BCUT2D eigenvalue weighted by molar-refractivity contribution is 5.91. The van der Waals surface area contributed by atoms with Gasteiger partial charge >= 0.3 is 0 Å². The number of carbonyl (C=O) groups is 1. The fraction of sp³-hybridized carbons (Fsp3) is 0.143. The second kappa shape index (κ2) is 5.86. The van der Waals surface area contributed by atoms with Crippen LogP contribution in [-0.2, 0) is 4.79 Å². The molecule has 19 heavy (non-hydrogen) atoms. The number of pyridine rings is 1. The lowest BCUT2D eigenvalue weighted by atomic mass is 10.3. The first kappa shape index (κ1) is 12.9. The van der Waals surface area contributed by atoms with Crippen molar-refractivity contribution in [3.05, 3.63) is 48.3 Å². The van der Waals surface area contributed by atoms with Crippen LogP contribution in [0.2, 0.25) is 0 Å². The van der Waals surface area contributed by atoms with Crippen LogP contribution in [0.15, 0.2) is 42.6 Å². The number of aryl methyl sites for hydroxylation is 1. The van der Waals surface area contributed by atoms with Gasteiger partial charge in [-0.25, -0.2) is 0 Å². The first-order valence-electron chi connectivity index (χ1n) is 5.85. The fourth-order valence-electron chi connectivity index (χ4n) is 1.58. The lowest BCUT2D eigenvalue weighted by Crippen LogP contribution is -2.20. The molecule has 1 aromatic carbocycles. The molecule has 0 atom stereocenters. The van der Waals surface area contributed by atoms with E-state index in [4.69, 9.17) is 10.5 Å². The normalized spacial score (nSPS) is 9.95. The van der Waals surface area contributed by atoms with Gasteiger partial charge in [0.25, 0.3) is 5.91 Å². The largest absolute Gasteiger partial charge is 0.482 e. The van der Waals surface area contributed by atoms with Crippen LogP contribution >= 0.6 is 0 Å². The van der Waals surface area contributed by atoms with Crippen LogP contribution in [0.4, 0.5) is 11.4 Å². The van der Waals surface area contributed by atoms with Gasteiger partial charge in [-0.05, 0) is 31.2 Å². The molecule has 1 heterocycles. The number of amides is 1. The molecule has 5 nitrogen and oxygen atoms in total. The van der Waals surface area contributed by atoms with Crippen LogP contribution in [0.25, 0.3) is 0 Å². The number of nitrogen functional groups attached to an aromatic ring is 1. The summed E-state index contributed by atoms with van der Waals surface area (Å²) in [6, 6.07) is 10.6. The predicted octanol–water partition coefficient (Wildman–Crippen LogP) is 1.99. The van der Waals surface area contributed by atoms with E-state index in [9.17, 15) is 4.79 Å². The summed E-state index contributed by atoms with van der Waals surface area (Å²) in [5, 5.41) is 2.73. The number of carbonyl (C=O) groups excluding carboxylic acids is 1. The third-order valence-corrected chi connectivity index (χ3v) is 2.46. The number of rotatable bonds is 4. The van der Waals surface area contributed by atoms with Crippen LogP contribution in [-0.4, -0.2) is 17.5 Å². The first-order chi connectivity index (χ1) is 9.15. The van der Waals surface area contributed by atoms with Gasteiger partial charge in [0.1, 0.15) is 5.75 Å². The molecule has 5 heteroatoms. The van der Waals surface area contributed by atoms with Gasteiger partial charge in [-0.2, -0.15) is 0 Å². The van der Waals surface area contributed by atoms with E-state index >= 15 is 0 Å². The number of ether oxygens (including phenoxy) is 1. The summed E-state index contributed by atoms with van der Waals surface area (Å²) in [5.41, 5.74) is 7.76. The maximum atomic E-state index is 11.7. The summed E-state index contributed by atoms with van der Waals surface area (Å²) in [4.78, 5) is 15.8. The molecule has 3 N–H and O–H groups in total. The molecule has 0 saturated carbocycles. The molecule has 0 saturated heterocycles. The number of aromatic nitrogens is 1. The Kier molecular flexibility index (Phi) is 3.97. The third-order valence-electron chi connectivity index (χ3n) is 2.46. The second-order valence-electron chi connectivity index (χ2n) is 4.06. The smallest absolute Gasteiger partial charge is 0.262 e. The Morgan fingerprint density at radius 2 is 2.16 bits per heavy atom. The molecule has 2 aromatic rings. The monoisotopic (exact) mass is 257 g/mol. The third kappa shape index (κ3) is 3.70. The van der Waals surface area contributed by atoms with E-state index in [1.807, 2.05) is 13.0 Å². The van der Waals surface area contributed by atoms with Crippen molar-refractivity contribution in [2.24, 2.45) is 0 Å². The highest BCUT2D eigenvalue weighted by atomic mass is 16.5. The minimum Gasteiger partial charge on any atom is -0.482 e. The standard InChI is InChI=1S/C14H15N3O2/c1-10-8-11(6-7-16-10)17-14(18)9-19-13-5-3-2-4-12(13)15/h2-8H,9,15H2,1H3,(H,16,17,18). The summed E-state index contributed by atoms with van der Waals surface area (Å²) in [6.45, 7) is 1.77. The average Bonchev–Trinajstić information content (AvgIpc) is 2.38. The van der Waals surface area contributed by atoms with Crippen LogP contribution in [0.1, 0.15) is 5.69 Å². The van der Waals surface area contributed by atoms with E-state index in [0.29, 0.717) is 17.1 Å². The van der Waals surface area contributed by atoms with E-state index in [0.717, 1.165) is 5.69 Å². The quantitative estimate of drug-likeness (QED) is 0.821. The molecule has 0 bridgehead atoms. The summed E-state index contributed by atoms with van der Waals surface area (Å²) in [6.07, 6.45) is 1.64. The molecular formula is C14H15N3O2. The van der Waals surface area contributed by atoms with E-state index in [1.165, 1.54) is 0 Å². The molecule has 2 rings (SSSR count). The molecule has 1 aromatic heterocycles. The minimum atomic E-state index is -0.242. The number of hydrogen-bond donors (Lipinski definition) is 2. The number of nitrogens with one attached hydrogen (secondary N) is 1. The minimum absolute atomic E-state index is 0.0877. The van der Waals surface area contributed by atoms with E-state index in [2.05, 4.69) is 10.3 Å². The molecule has 0 radical (unpaired) electrons. The highest BCUT2D eigenvalue weighted by Crippen LogP contribution is 2.19. The van der Waals surface area contributed by atoms with Crippen molar-refractivity contribution in [2.45, 2.75) is 6.92 Å². The number of nitrogens with two attached hydrogens (primary N) is 1. The van der Waals surface area contributed by atoms with Gasteiger partial charge < -0.3 is 15.8 Å². The summed E-state index contributed by atoms with van der Waals surface area (Å²) in [5.74, 6) is 0.261. The van der Waals surface area contributed by atoms with Crippen LogP contribution in [0.5, 0.6) is 5.75 Å².